The maximum atomic E-state index is 13.9. The number of nitrogens with one attached hydrogen (secondary N) is 1. The summed E-state index contributed by atoms with van der Waals surface area (Å²) < 4.78 is 7.19. The van der Waals surface area contributed by atoms with E-state index in [1.807, 2.05) is 62.4 Å². The molecule has 4 rings (SSSR count). The van der Waals surface area contributed by atoms with Crippen molar-refractivity contribution in [2.45, 2.75) is 39.7 Å². The van der Waals surface area contributed by atoms with Gasteiger partial charge in [-0.05, 0) is 72.9 Å². The molecule has 1 aromatic heterocycles. The topological polar surface area (TPSA) is 102 Å². The standard InChI is InChI=1S/C26H30N6O3/c1-18-9-7-13-23(19(18)2)27-25(33)17-31(16-22-12-8-14-35-22)26(34)24(32-20(3)28-29-30-32)15-21-10-5-4-6-11-21/h4-7,9-11,13,15,22H,8,12,14,16-17H2,1-3H3,(H,27,33)/b24-15+. The van der Waals surface area contributed by atoms with Gasteiger partial charge in [-0.1, -0.05) is 42.5 Å². The van der Waals surface area contributed by atoms with Crippen LogP contribution in [0.4, 0.5) is 5.69 Å². The third kappa shape index (κ3) is 5.99. The molecule has 3 aromatic rings. The lowest BCUT2D eigenvalue weighted by molar-refractivity contribution is -0.131. The molecule has 2 heterocycles. The Bertz CT molecular complexity index is 1210. The number of aromatic nitrogens is 4. The van der Waals surface area contributed by atoms with Crippen molar-refractivity contribution in [2.24, 2.45) is 0 Å². The average molecular weight is 475 g/mol. The van der Waals surface area contributed by atoms with E-state index in [-0.39, 0.29) is 30.2 Å². The molecule has 1 N–H and O–H groups in total. The molecule has 2 aromatic carbocycles. The number of hydrogen-bond acceptors (Lipinski definition) is 6. The molecule has 0 spiro atoms. The largest absolute Gasteiger partial charge is 0.376 e. The van der Waals surface area contributed by atoms with Gasteiger partial charge in [-0.15, -0.1) is 5.10 Å². The van der Waals surface area contributed by atoms with Crippen LogP contribution in [0.25, 0.3) is 11.8 Å². The summed E-state index contributed by atoms with van der Waals surface area (Å²) in [6, 6.07) is 15.2. The number of tetrazole rings is 1. The van der Waals surface area contributed by atoms with E-state index in [1.54, 1.807) is 13.0 Å². The first kappa shape index (κ1) is 24.3. The molecule has 0 radical (unpaired) electrons. The molecule has 1 unspecified atom stereocenters. The van der Waals surface area contributed by atoms with Crippen LogP contribution in [0.5, 0.6) is 0 Å². The maximum Gasteiger partial charge on any atom is 0.273 e. The number of amides is 2. The molecule has 1 fully saturated rings. The van der Waals surface area contributed by atoms with Crippen LogP contribution in [-0.4, -0.2) is 62.7 Å². The molecule has 9 nitrogen and oxygen atoms in total. The third-order valence-corrected chi connectivity index (χ3v) is 6.12. The molecule has 0 saturated carbocycles. The summed E-state index contributed by atoms with van der Waals surface area (Å²) in [7, 11) is 0. The predicted octanol–water partition coefficient (Wildman–Crippen LogP) is 3.24. The molecule has 182 valence electrons. The molecular weight excluding hydrogens is 444 g/mol. The van der Waals surface area contributed by atoms with Crippen LogP contribution in [0.1, 0.15) is 35.4 Å². The van der Waals surface area contributed by atoms with Gasteiger partial charge in [0, 0.05) is 18.8 Å². The predicted molar refractivity (Wildman–Crippen MR) is 133 cm³/mol. The van der Waals surface area contributed by atoms with Gasteiger partial charge in [0.15, 0.2) is 5.82 Å². The molecule has 2 amide bonds. The van der Waals surface area contributed by atoms with Crippen LogP contribution in [0.2, 0.25) is 0 Å². The minimum absolute atomic E-state index is 0.125. The van der Waals surface area contributed by atoms with Crippen LogP contribution < -0.4 is 5.32 Å². The minimum Gasteiger partial charge on any atom is -0.376 e. The second kappa shape index (κ2) is 11.1. The molecule has 0 bridgehead atoms. The fourth-order valence-corrected chi connectivity index (χ4v) is 4.04. The number of nitrogens with zero attached hydrogens (tertiary/aromatic N) is 5. The van der Waals surface area contributed by atoms with Gasteiger partial charge < -0.3 is 15.0 Å². The summed E-state index contributed by atoms with van der Waals surface area (Å²) in [4.78, 5) is 28.5. The number of ether oxygens (including phenoxy) is 1. The second-order valence-corrected chi connectivity index (χ2v) is 8.69. The summed E-state index contributed by atoms with van der Waals surface area (Å²) in [5.41, 5.74) is 3.89. The van der Waals surface area contributed by atoms with E-state index in [1.165, 1.54) is 9.58 Å². The summed E-state index contributed by atoms with van der Waals surface area (Å²) in [6.45, 7) is 6.50. The van der Waals surface area contributed by atoms with Crippen LogP contribution >= 0.6 is 0 Å². The average Bonchev–Trinajstić information content (AvgIpc) is 3.52. The van der Waals surface area contributed by atoms with Crippen molar-refractivity contribution in [1.29, 1.82) is 0 Å². The van der Waals surface area contributed by atoms with Crippen molar-refractivity contribution in [3.8, 4) is 0 Å². The smallest absolute Gasteiger partial charge is 0.273 e. The Hall–Kier alpha value is -3.85. The van der Waals surface area contributed by atoms with Crippen molar-refractivity contribution >= 4 is 29.3 Å². The number of carbonyl (C=O) groups is 2. The SMILES string of the molecule is Cc1cccc(NC(=O)CN(CC2CCCO2)C(=O)/C(=C\c2ccccc2)n2nnnc2C)c1C. The van der Waals surface area contributed by atoms with Crippen LogP contribution in [0.15, 0.2) is 48.5 Å². The lowest BCUT2D eigenvalue weighted by atomic mass is 10.1. The van der Waals surface area contributed by atoms with Gasteiger partial charge in [-0.25, -0.2) is 0 Å². The fourth-order valence-electron chi connectivity index (χ4n) is 4.04. The number of carbonyl (C=O) groups excluding carboxylic acids is 2. The van der Waals surface area contributed by atoms with E-state index in [0.29, 0.717) is 19.0 Å². The Kier molecular flexibility index (Phi) is 7.67. The lowest BCUT2D eigenvalue weighted by Crippen LogP contribution is -2.43. The number of rotatable bonds is 8. The van der Waals surface area contributed by atoms with Gasteiger partial charge in [0.1, 0.15) is 12.2 Å². The first-order valence-electron chi connectivity index (χ1n) is 11.7. The normalized spacial score (nSPS) is 15.7. The van der Waals surface area contributed by atoms with E-state index in [9.17, 15) is 9.59 Å². The Balaban J connectivity index is 1.63. The second-order valence-electron chi connectivity index (χ2n) is 8.69. The maximum absolute atomic E-state index is 13.9. The van der Waals surface area contributed by atoms with Gasteiger partial charge in [0.25, 0.3) is 5.91 Å². The molecular formula is C26H30N6O3. The van der Waals surface area contributed by atoms with Gasteiger partial charge in [0.2, 0.25) is 5.91 Å². The van der Waals surface area contributed by atoms with E-state index in [2.05, 4.69) is 20.8 Å². The fraction of sp³-hybridized carbons (Fsp3) is 0.346. The number of hydrogen-bond donors (Lipinski definition) is 1. The molecule has 1 saturated heterocycles. The highest BCUT2D eigenvalue weighted by Crippen LogP contribution is 2.20. The zero-order chi connectivity index (χ0) is 24.8. The van der Waals surface area contributed by atoms with E-state index < -0.39 is 0 Å². The van der Waals surface area contributed by atoms with Crippen LogP contribution in [0, 0.1) is 20.8 Å². The highest BCUT2D eigenvalue weighted by molar-refractivity contribution is 6.19. The third-order valence-electron chi connectivity index (χ3n) is 6.12. The Morgan fingerprint density at radius 3 is 2.63 bits per heavy atom. The summed E-state index contributed by atoms with van der Waals surface area (Å²) in [5.74, 6) is -0.161. The van der Waals surface area contributed by atoms with Crippen molar-refractivity contribution < 1.29 is 14.3 Å². The van der Waals surface area contributed by atoms with Crippen molar-refractivity contribution in [3.63, 3.8) is 0 Å². The first-order chi connectivity index (χ1) is 16.9. The molecule has 9 heteroatoms. The number of anilines is 1. The lowest BCUT2D eigenvalue weighted by Gasteiger charge is -2.26. The Morgan fingerprint density at radius 2 is 1.94 bits per heavy atom. The number of benzene rings is 2. The van der Waals surface area contributed by atoms with Gasteiger partial charge in [-0.3, -0.25) is 9.59 Å². The summed E-state index contributed by atoms with van der Waals surface area (Å²) in [6.07, 6.45) is 3.38. The number of aryl methyl sites for hydroxylation is 2. The van der Waals surface area contributed by atoms with Crippen LogP contribution in [-0.2, 0) is 14.3 Å². The zero-order valence-electron chi connectivity index (χ0n) is 20.3. The van der Waals surface area contributed by atoms with Gasteiger partial charge in [-0.2, -0.15) is 4.68 Å². The van der Waals surface area contributed by atoms with Crippen molar-refractivity contribution in [2.75, 3.05) is 25.0 Å². The highest BCUT2D eigenvalue weighted by atomic mass is 16.5. The Morgan fingerprint density at radius 1 is 1.14 bits per heavy atom. The Labute approximate surface area is 204 Å². The quantitative estimate of drug-likeness (QED) is 0.503. The minimum atomic E-state index is -0.351. The summed E-state index contributed by atoms with van der Waals surface area (Å²) in [5, 5.41) is 14.6. The van der Waals surface area contributed by atoms with Crippen LogP contribution in [0.3, 0.4) is 0 Å². The van der Waals surface area contributed by atoms with Gasteiger partial charge >= 0.3 is 0 Å². The van der Waals surface area contributed by atoms with E-state index in [4.69, 9.17) is 4.74 Å². The zero-order valence-corrected chi connectivity index (χ0v) is 20.3. The van der Waals surface area contributed by atoms with Crippen molar-refractivity contribution in [1.82, 2.24) is 25.1 Å². The molecule has 0 aliphatic carbocycles. The first-order valence-corrected chi connectivity index (χ1v) is 11.7. The van der Waals surface area contributed by atoms with E-state index >= 15 is 0 Å². The van der Waals surface area contributed by atoms with Crippen molar-refractivity contribution in [3.05, 3.63) is 71.0 Å². The van der Waals surface area contributed by atoms with E-state index in [0.717, 1.165) is 35.2 Å². The monoisotopic (exact) mass is 474 g/mol. The molecule has 1 aliphatic heterocycles. The van der Waals surface area contributed by atoms with Gasteiger partial charge in [0.05, 0.1) is 6.10 Å². The summed E-state index contributed by atoms with van der Waals surface area (Å²) >= 11 is 0. The highest BCUT2D eigenvalue weighted by Gasteiger charge is 2.28. The molecule has 1 atom stereocenters. The molecule has 1 aliphatic rings. The molecule has 35 heavy (non-hydrogen) atoms.